The average molecular weight is 642 g/mol. The van der Waals surface area contributed by atoms with Gasteiger partial charge in [0.15, 0.2) is 6.61 Å². The topological polar surface area (TPSA) is 58.6 Å². The van der Waals surface area contributed by atoms with Gasteiger partial charge in [-0.15, -0.1) is 0 Å². The van der Waals surface area contributed by atoms with Crippen LogP contribution in [0.4, 0.5) is 0 Å². The fourth-order valence-corrected chi connectivity index (χ4v) is 5.46. The van der Waals surface area contributed by atoms with Crippen LogP contribution in [0.15, 0.2) is 89.4 Å². The van der Waals surface area contributed by atoms with Gasteiger partial charge in [-0.25, -0.2) is 0 Å². The van der Waals surface area contributed by atoms with E-state index < -0.39 is 11.6 Å². The van der Waals surface area contributed by atoms with Gasteiger partial charge in [0.2, 0.25) is 5.91 Å². The molecule has 0 spiro atoms. The summed E-state index contributed by atoms with van der Waals surface area (Å²) in [4.78, 5) is 29.2. The predicted octanol–water partition coefficient (Wildman–Crippen LogP) is 7.84. The Bertz CT molecular complexity index is 1510. The molecule has 0 saturated carbocycles. The van der Waals surface area contributed by atoms with Crippen molar-refractivity contribution in [3.05, 3.63) is 111 Å². The van der Waals surface area contributed by atoms with Crippen LogP contribution in [0.3, 0.4) is 0 Å². The van der Waals surface area contributed by atoms with E-state index in [4.69, 9.17) is 27.9 Å². The van der Waals surface area contributed by atoms with Gasteiger partial charge in [0.25, 0.3) is 5.91 Å². The standard InChI is InChI=1S/C32H31BrCl2N2O3/c1-32(2,3)36-31(39)27(17-21-9-5-4-6-10-21)37(19-23-13-15-24(34)18-26(23)35)29(38)20-40-28-16-14-22-11-7-8-12-25(22)30(28)33/h4-16,18,27H,17,19-20H2,1-3H3,(H,36,39)/t27-/m1/s1. The number of halogens is 3. The lowest BCUT2D eigenvalue weighted by atomic mass is 10.0. The number of hydrogen-bond donors (Lipinski definition) is 1. The number of hydrogen-bond acceptors (Lipinski definition) is 3. The van der Waals surface area contributed by atoms with Crippen LogP contribution in [0.1, 0.15) is 31.9 Å². The van der Waals surface area contributed by atoms with Crippen molar-refractivity contribution in [1.29, 1.82) is 0 Å². The zero-order chi connectivity index (χ0) is 28.9. The van der Waals surface area contributed by atoms with Crippen molar-refractivity contribution in [2.45, 2.75) is 45.3 Å². The fraction of sp³-hybridized carbons (Fsp3) is 0.250. The molecule has 0 aliphatic rings. The number of carbonyl (C=O) groups is 2. The number of fused-ring (bicyclic) bond motifs is 1. The lowest BCUT2D eigenvalue weighted by Gasteiger charge is -2.34. The van der Waals surface area contributed by atoms with Crippen LogP contribution in [0, 0.1) is 0 Å². The van der Waals surface area contributed by atoms with Crippen molar-refractivity contribution in [1.82, 2.24) is 10.2 Å². The van der Waals surface area contributed by atoms with Gasteiger partial charge < -0.3 is 15.0 Å². The minimum absolute atomic E-state index is 0.103. The van der Waals surface area contributed by atoms with Gasteiger partial charge in [-0.2, -0.15) is 0 Å². The predicted molar refractivity (Wildman–Crippen MR) is 166 cm³/mol. The summed E-state index contributed by atoms with van der Waals surface area (Å²) in [5, 5.41) is 5.98. The molecule has 5 nitrogen and oxygen atoms in total. The number of nitrogens with zero attached hydrogens (tertiary/aromatic N) is 1. The zero-order valence-corrected chi connectivity index (χ0v) is 25.7. The molecule has 208 valence electrons. The van der Waals surface area contributed by atoms with Crippen LogP contribution in [0.25, 0.3) is 10.8 Å². The lowest BCUT2D eigenvalue weighted by molar-refractivity contribution is -0.143. The second-order valence-corrected chi connectivity index (χ2v) is 12.2. The van der Waals surface area contributed by atoms with Gasteiger partial charge in [-0.3, -0.25) is 9.59 Å². The summed E-state index contributed by atoms with van der Waals surface area (Å²) >= 11 is 16.3. The molecule has 40 heavy (non-hydrogen) atoms. The van der Waals surface area contributed by atoms with Gasteiger partial charge in [0, 0.05) is 28.5 Å². The zero-order valence-electron chi connectivity index (χ0n) is 22.6. The van der Waals surface area contributed by atoms with Crippen LogP contribution in [-0.4, -0.2) is 34.9 Å². The highest BCUT2D eigenvalue weighted by Gasteiger charge is 2.33. The molecule has 0 radical (unpaired) electrons. The summed E-state index contributed by atoms with van der Waals surface area (Å²) < 4.78 is 6.79. The molecule has 4 aromatic carbocycles. The lowest BCUT2D eigenvalue weighted by Crippen LogP contribution is -2.55. The SMILES string of the molecule is CC(C)(C)NC(=O)[C@@H](Cc1ccccc1)N(Cc1ccc(Cl)cc1Cl)C(=O)COc1ccc2ccccc2c1Br. The maximum atomic E-state index is 13.9. The highest BCUT2D eigenvalue weighted by atomic mass is 79.9. The summed E-state index contributed by atoms with van der Waals surface area (Å²) in [6.07, 6.45) is 0.319. The number of nitrogens with one attached hydrogen (secondary N) is 1. The van der Waals surface area contributed by atoms with E-state index in [0.29, 0.717) is 27.8 Å². The Morgan fingerprint density at radius 1 is 0.950 bits per heavy atom. The third-order valence-electron chi connectivity index (χ3n) is 6.30. The average Bonchev–Trinajstić information content (AvgIpc) is 2.91. The largest absolute Gasteiger partial charge is 0.483 e. The molecule has 0 aromatic heterocycles. The highest BCUT2D eigenvalue weighted by molar-refractivity contribution is 9.10. The van der Waals surface area contributed by atoms with E-state index in [1.165, 1.54) is 4.90 Å². The number of amides is 2. The molecule has 1 N–H and O–H groups in total. The van der Waals surface area contributed by atoms with Crippen LogP contribution < -0.4 is 10.1 Å². The van der Waals surface area contributed by atoms with E-state index in [0.717, 1.165) is 20.8 Å². The molecule has 8 heteroatoms. The monoisotopic (exact) mass is 640 g/mol. The molecule has 0 fully saturated rings. The van der Waals surface area contributed by atoms with Gasteiger partial charge in [-0.05, 0) is 76.8 Å². The smallest absolute Gasteiger partial charge is 0.261 e. The molecule has 0 aliphatic carbocycles. The minimum Gasteiger partial charge on any atom is -0.483 e. The Labute approximate surface area is 253 Å². The number of carbonyl (C=O) groups excluding carboxylic acids is 2. The van der Waals surface area contributed by atoms with Crippen molar-refractivity contribution in [2.75, 3.05) is 6.61 Å². The summed E-state index contributed by atoms with van der Waals surface area (Å²) in [5.41, 5.74) is 1.10. The quantitative estimate of drug-likeness (QED) is 0.203. The first kappa shape index (κ1) is 29.9. The molecule has 0 bridgehead atoms. The summed E-state index contributed by atoms with van der Waals surface area (Å²) in [6, 6.07) is 25.6. The van der Waals surface area contributed by atoms with Crippen molar-refractivity contribution < 1.29 is 14.3 Å². The Balaban J connectivity index is 1.68. The molecule has 4 aromatic rings. The summed E-state index contributed by atoms with van der Waals surface area (Å²) in [6.45, 7) is 5.57. The van der Waals surface area contributed by atoms with E-state index in [9.17, 15) is 9.59 Å². The van der Waals surface area contributed by atoms with E-state index >= 15 is 0 Å². The second kappa shape index (κ2) is 13.1. The Hall–Kier alpha value is -3.06. The van der Waals surface area contributed by atoms with Gasteiger partial charge in [-0.1, -0.05) is 89.9 Å². The molecule has 0 saturated heterocycles. The second-order valence-electron chi connectivity index (χ2n) is 10.6. The normalized spacial score (nSPS) is 12.2. The fourth-order valence-electron chi connectivity index (χ4n) is 4.39. The van der Waals surface area contributed by atoms with E-state index in [1.807, 2.05) is 87.5 Å². The van der Waals surface area contributed by atoms with Crippen LogP contribution in [0.2, 0.25) is 10.0 Å². The van der Waals surface area contributed by atoms with Crippen LogP contribution >= 0.6 is 39.1 Å². The first-order chi connectivity index (χ1) is 19.0. The first-order valence-electron chi connectivity index (χ1n) is 12.9. The van der Waals surface area contributed by atoms with Gasteiger partial charge in [0.05, 0.1) is 4.47 Å². The highest BCUT2D eigenvalue weighted by Crippen LogP contribution is 2.33. The van der Waals surface area contributed by atoms with Crippen molar-refractivity contribution in [2.24, 2.45) is 0 Å². The third kappa shape index (κ3) is 7.78. The van der Waals surface area contributed by atoms with Crippen LogP contribution in [-0.2, 0) is 22.6 Å². The molecule has 0 aliphatic heterocycles. The molecule has 0 unspecified atom stereocenters. The molecular weight excluding hydrogens is 611 g/mol. The van der Waals surface area contributed by atoms with Crippen molar-refractivity contribution >= 4 is 61.7 Å². The van der Waals surface area contributed by atoms with E-state index in [2.05, 4.69) is 21.2 Å². The third-order valence-corrected chi connectivity index (χ3v) is 7.71. The molecule has 2 amide bonds. The van der Waals surface area contributed by atoms with Crippen LogP contribution in [0.5, 0.6) is 5.75 Å². The summed E-state index contributed by atoms with van der Waals surface area (Å²) in [7, 11) is 0. The Kier molecular flexibility index (Phi) is 9.77. The number of benzene rings is 4. The van der Waals surface area contributed by atoms with Crippen molar-refractivity contribution in [3.8, 4) is 5.75 Å². The Morgan fingerprint density at radius 3 is 2.35 bits per heavy atom. The van der Waals surface area contributed by atoms with E-state index in [1.54, 1.807) is 18.2 Å². The molecule has 0 heterocycles. The maximum Gasteiger partial charge on any atom is 0.261 e. The van der Waals surface area contributed by atoms with E-state index in [-0.39, 0.29) is 25.0 Å². The van der Waals surface area contributed by atoms with Crippen molar-refractivity contribution in [3.63, 3.8) is 0 Å². The number of ether oxygens (including phenoxy) is 1. The maximum absolute atomic E-state index is 13.9. The summed E-state index contributed by atoms with van der Waals surface area (Å²) in [5.74, 6) is -0.0759. The van der Waals surface area contributed by atoms with Gasteiger partial charge in [0.1, 0.15) is 11.8 Å². The first-order valence-corrected chi connectivity index (χ1v) is 14.5. The molecule has 1 atom stereocenters. The Morgan fingerprint density at radius 2 is 1.65 bits per heavy atom. The minimum atomic E-state index is -0.815. The van der Waals surface area contributed by atoms with Gasteiger partial charge >= 0.3 is 0 Å². The molecule has 4 rings (SSSR count). The molecular formula is C32H31BrCl2N2O3. The number of rotatable bonds is 9.